The van der Waals surface area contributed by atoms with Gasteiger partial charge in [0.1, 0.15) is 4.47 Å². The van der Waals surface area contributed by atoms with Gasteiger partial charge in [0.15, 0.2) is 0 Å². The number of rotatable bonds is 7. The number of nitro benzene ring substituents is 1. The van der Waals surface area contributed by atoms with Gasteiger partial charge in [-0.15, -0.1) is 0 Å². The molecule has 0 unspecified atom stereocenters. The highest BCUT2D eigenvalue weighted by molar-refractivity contribution is 9.10. The lowest BCUT2D eigenvalue weighted by Gasteiger charge is -2.06. The average molecular weight is 302 g/mol. The number of nitrogens with zero attached hydrogens (tertiary/aromatic N) is 1. The smallest absolute Gasteiger partial charge is 0.283 e. The van der Waals surface area contributed by atoms with Crippen LogP contribution in [-0.4, -0.2) is 11.5 Å². The second kappa shape index (κ2) is 7.40. The van der Waals surface area contributed by atoms with Crippen LogP contribution >= 0.6 is 15.9 Å². The average Bonchev–Trinajstić information content (AvgIpc) is 2.30. The molecule has 0 bridgehead atoms. The molecule has 0 aliphatic heterocycles. The minimum absolute atomic E-state index is 0.0830. The minimum Gasteiger partial charge on any atom is -0.377 e. The van der Waals surface area contributed by atoms with Gasteiger partial charge in [-0.25, -0.2) is 0 Å². The van der Waals surface area contributed by atoms with E-state index in [0.29, 0.717) is 17.7 Å². The lowest BCUT2D eigenvalue weighted by Crippen LogP contribution is -1.98. The first-order chi connectivity index (χ1) is 8.16. The molecular weight excluding hydrogens is 286 g/mol. The van der Waals surface area contributed by atoms with Gasteiger partial charge in [0.25, 0.3) is 5.69 Å². The van der Waals surface area contributed by atoms with Crippen molar-refractivity contribution < 1.29 is 9.66 Å². The Hall–Kier alpha value is -0.940. The van der Waals surface area contributed by atoms with E-state index in [1.807, 2.05) is 6.07 Å². The highest BCUT2D eigenvalue weighted by atomic mass is 79.9. The van der Waals surface area contributed by atoms with Gasteiger partial charge in [-0.05, 0) is 27.9 Å². The monoisotopic (exact) mass is 301 g/mol. The quantitative estimate of drug-likeness (QED) is 0.433. The summed E-state index contributed by atoms with van der Waals surface area (Å²) in [5.74, 6) is 0. The Bertz CT molecular complexity index is 382. The molecule has 0 aliphatic rings. The minimum atomic E-state index is -0.398. The molecule has 0 saturated carbocycles. The van der Waals surface area contributed by atoms with E-state index in [9.17, 15) is 10.1 Å². The lowest BCUT2D eigenvalue weighted by molar-refractivity contribution is -0.385. The Labute approximate surface area is 109 Å². The summed E-state index contributed by atoms with van der Waals surface area (Å²) in [6, 6.07) is 4.98. The van der Waals surface area contributed by atoms with Crippen LogP contribution in [0.5, 0.6) is 0 Å². The first-order valence-corrected chi connectivity index (χ1v) is 6.45. The summed E-state index contributed by atoms with van der Waals surface area (Å²) in [5.41, 5.74) is 0.898. The van der Waals surface area contributed by atoms with Gasteiger partial charge < -0.3 is 4.74 Å². The Morgan fingerprint density at radius 3 is 2.82 bits per heavy atom. The number of nitro groups is 1. The van der Waals surface area contributed by atoms with Crippen molar-refractivity contribution in [2.24, 2.45) is 0 Å². The van der Waals surface area contributed by atoms with Crippen molar-refractivity contribution in [3.8, 4) is 0 Å². The van der Waals surface area contributed by atoms with Crippen LogP contribution in [0.4, 0.5) is 5.69 Å². The van der Waals surface area contributed by atoms with Gasteiger partial charge in [-0.2, -0.15) is 0 Å². The third-order valence-corrected chi connectivity index (χ3v) is 3.32. The van der Waals surface area contributed by atoms with Crippen molar-refractivity contribution in [3.63, 3.8) is 0 Å². The van der Waals surface area contributed by atoms with Crippen LogP contribution in [0, 0.1) is 10.1 Å². The largest absolute Gasteiger partial charge is 0.377 e. The van der Waals surface area contributed by atoms with Gasteiger partial charge in [0.2, 0.25) is 0 Å². The highest BCUT2D eigenvalue weighted by Gasteiger charge is 2.14. The third kappa shape index (κ3) is 4.44. The summed E-state index contributed by atoms with van der Waals surface area (Å²) in [4.78, 5) is 10.3. The van der Waals surface area contributed by atoms with Gasteiger partial charge in [-0.1, -0.05) is 31.9 Å². The zero-order valence-electron chi connectivity index (χ0n) is 9.82. The summed E-state index contributed by atoms with van der Waals surface area (Å²) in [6.07, 6.45) is 3.34. The molecule has 0 heterocycles. The predicted molar refractivity (Wildman–Crippen MR) is 70.0 cm³/mol. The van der Waals surface area contributed by atoms with E-state index in [4.69, 9.17) is 4.74 Å². The van der Waals surface area contributed by atoms with E-state index >= 15 is 0 Å². The Morgan fingerprint density at radius 2 is 2.18 bits per heavy atom. The summed E-state index contributed by atoms with van der Waals surface area (Å²) < 4.78 is 6.00. The molecule has 17 heavy (non-hydrogen) atoms. The molecule has 0 saturated heterocycles. The molecule has 1 rings (SSSR count). The van der Waals surface area contributed by atoms with Crippen LogP contribution in [0.1, 0.15) is 31.7 Å². The summed E-state index contributed by atoms with van der Waals surface area (Å²) >= 11 is 3.24. The SMILES string of the molecule is CCCCCOCc1cccc([N+](=O)[O-])c1Br. The second-order valence-electron chi connectivity index (χ2n) is 3.77. The lowest BCUT2D eigenvalue weighted by atomic mass is 10.2. The van der Waals surface area contributed by atoms with Crippen molar-refractivity contribution in [1.82, 2.24) is 0 Å². The van der Waals surface area contributed by atoms with E-state index in [-0.39, 0.29) is 5.69 Å². The maximum absolute atomic E-state index is 10.7. The summed E-state index contributed by atoms with van der Waals surface area (Å²) in [6.45, 7) is 3.24. The highest BCUT2D eigenvalue weighted by Crippen LogP contribution is 2.28. The molecule has 0 N–H and O–H groups in total. The van der Waals surface area contributed by atoms with E-state index in [1.54, 1.807) is 6.07 Å². The third-order valence-electron chi connectivity index (χ3n) is 2.40. The predicted octanol–water partition coefficient (Wildman–Crippen LogP) is 4.06. The Balaban J connectivity index is 2.54. The molecule has 5 heteroatoms. The van der Waals surface area contributed by atoms with Gasteiger partial charge in [0.05, 0.1) is 11.5 Å². The topological polar surface area (TPSA) is 52.4 Å². The van der Waals surface area contributed by atoms with E-state index < -0.39 is 4.92 Å². The van der Waals surface area contributed by atoms with Crippen LogP contribution in [-0.2, 0) is 11.3 Å². The number of hydrogen-bond donors (Lipinski definition) is 0. The van der Waals surface area contributed by atoms with Crippen molar-refractivity contribution in [2.45, 2.75) is 32.8 Å². The molecule has 1 aromatic rings. The van der Waals surface area contributed by atoms with Crippen LogP contribution in [0.25, 0.3) is 0 Å². The van der Waals surface area contributed by atoms with E-state index in [2.05, 4.69) is 22.9 Å². The second-order valence-corrected chi connectivity index (χ2v) is 4.56. The number of halogens is 1. The Kier molecular flexibility index (Phi) is 6.15. The fourth-order valence-electron chi connectivity index (χ4n) is 1.45. The van der Waals surface area contributed by atoms with Crippen LogP contribution in [0.2, 0.25) is 0 Å². The van der Waals surface area contributed by atoms with Crippen LogP contribution < -0.4 is 0 Å². The van der Waals surface area contributed by atoms with Crippen LogP contribution in [0.3, 0.4) is 0 Å². The first-order valence-electron chi connectivity index (χ1n) is 5.66. The number of benzene rings is 1. The summed E-state index contributed by atoms with van der Waals surface area (Å²) in [7, 11) is 0. The number of hydrogen-bond acceptors (Lipinski definition) is 3. The molecule has 0 spiro atoms. The fourth-order valence-corrected chi connectivity index (χ4v) is 1.98. The van der Waals surface area contributed by atoms with E-state index in [0.717, 1.165) is 24.8 Å². The molecule has 0 fully saturated rings. The molecule has 94 valence electrons. The van der Waals surface area contributed by atoms with Crippen molar-refractivity contribution in [1.29, 1.82) is 0 Å². The standard InChI is InChI=1S/C12H16BrNO3/c1-2-3-4-8-17-9-10-6-5-7-11(12(10)13)14(15)16/h5-7H,2-4,8-9H2,1H3. The zero-order valence-corrected chi connectivity index (χ0v) is 11.4. The molecule has 0 atom stereocenters. The molecule has 0 aliphatic carbocycles. The van der Waals surface area contributed by atoms with Gasteiger partial charge in [-0.3, -0.25) is 10.1 Å². The maximum Gasteiger partial charge on any atom is 0.283 e. The molecule has 0 aromatic heterocycles. The van der Waals surface area contributed by atoms with Crippen molar-refractivity contribution in [3.05, 3.63) is 38.3 Å². The first kappa shape index (κ1) is 14.1. The normalized spacial score (nSPS) is 10.5. The van der Waals surface area contributed by atoms with E-state index in [1.165, 1.54) is 6.07 Å². The molecule has 1 aromatic carbocycles. The number of ether oxygens (including phenoxy) is 1. The molecule has 4 nitrogen and oxygen atoms in total. The maximum atomic E-state index is 10.7. The van der Waals surface area contributed by atoms with Crippen LogP contribution in [0.15, 0.2) is 22.7 Å². The molecular formula is C12H16BrNO3. The zero-order chi connectivity index (χ0) is 12.7. The summed E-state index contributed by atoms with van der Waals surface area (Å²) in [5, 5.41) is 10.7. The van der Waals surface area contributed by atoms with Crippen molar-refractivity contribution in [2.75, 3.05) is 6.61 Å². The Morgan fingerprint density at radius 1 is 1.41 bits per heavy atom. The number of unbranched alkanes of at least 4 members (excludes halogenated alkanes) is 2. The molecule has 0 radical (unpaired) electrons. The molecule has 0 amide bonds. The van der Waals surface area contributed by atoms with Gasteiger partial charge in [0, 0.05) is 12.7 Å². The van der Waals surface area contributed by atoms with Crippen molar-refractivity contribution >= 4 is 21.6 Å². The fraction of sp³-hybridized carbons (Fsp3) is 0.500. The van der Waals surface area contributed by atoms with Gasteiger partial charge >= 0.3 is 0 Å².